The van der Waals surface area contributed by atoms with Gasteiger partial charge in [-0.25, -0.2) is 0 Å². The molecule has 0 amide bonds. The smallest absolute Gasteiger partial charge is 0.193 e. The van der Waals surface area contributed by atoms with Crippen LogP contribution in [0, 0.1) is 0 Å². The lowest BCUT2D eigenvalue weighted by Gasteiger charge is -2.18. The van der Waals surface area contributed by atoms with Gasteiger partial charge in [-0.2, -0.15) is 0 Å². The third kappa shape index (κ3) is 1.36. The van der Waals surface area contributed by atoms with Crippen LogP contribution in [0.4, 0.5) is 0 Å². The van der Waals surface area contributed by atoms with E-state index < -0.39 is 0 Å². The molecule has 0 atom stereocenters. The predicted octanol–water partition coefficient (Wildman–Crippen LogP) is 3.48. The molecule has 0 aliphatic heterocycles. The molecule has 2 heteroatoms. The molecule has 0 heterocycles. The third-order valence-electron chi connectivity index (χ3n) is 2.96. The Hall–Kier alpha value is -1.60. The molecule has 1 aliphatic rings. The number of hydrogen-bond donors (Lipinski definition) is 0. The number of hydrogen-bond acceptors (Lipinski definition) is 1. The second-order valence-corrected chi connectivity index (χ2v) is 4.40. The van der Waals surface area contributed by atoms with Crippen LogP contribution in [-0.4, -0.2) is 5.78 Å². The molecular weight excluding hydrogens is 220 g/mol. The van der Waals surface area contributed by atoms with E-state index in [0.717, 1.165) is 28.7 Å². The van der Waals surface area contributed by atoms with E-state index in [1.165, 1.54) is 0 Å². The summed E-state index contributed by atoms with van der Waals surface area (Å²) >= 11 is 5.92. The first-order valence-corrected chi connectivity index (χ1v) is 5.54. The van der Waals surface area contributed by atoms with Crippen LogP contribution in [0.15, 0.2) is 42.5 Å². The monoisotopic (exact) mass is 228 g/mol. The van der Waals surface area contributed by atoms with E-state index in [2.05, 4.69) is 0 Å². The average Bonchev–Trinajstić information content (AvgIpc) is 2.31. The second kappa shape index (κ2) is 3.46. The van der Waals surface area contributed by atoms with Crippen LogP contribution in [0.25, 0.3) is 0 Å². The second-order valence-electron chi connectivity index (χ2n) is 3.96. The van der Waals surface area contributed by atoms with Gasteiger partial charge in [-0.05, 0) is 29.7 Å². The lowest BCUT2D eigenvalue weighted by molar-refractivity contribution is 0.103. The minimum absolute atomic E-state index is 0.0827. The highest BCUT2D eigenvalue weighted by Crippen LogP contribution is 2.28. The normalized spacial score (nSPS) is 13.2. The van der Waals surface area contributed by atoms with Crippen molar-refractivity contribution in [2.45, 2.75) is 6.42 Å². The van der Waals surface area contributed by atoms with E-state index in [1.54, 1.807) is 6.07 Å². The number of halogens is 1. The van der Waals surface area contributed by atoms with Gasteiger partial charge in [-0.3, -0.25) is 4.79 Å². The summed E-state index contributed by atoms with van der Waals surface area (Å²) in [5.41, 5.74) is 3.71. The molecule has 2 aromatic rings. The van der Waals surface area contributed by atoms with Gasteiger partial charge in [0.05, 0.1) is 0 Å². The first-order chi connectivity index (χ1) is 7.75. The Labute approximate surface area is 98.7 Å². The topological polar surface area (TPSA) is 17.1 Å². The Bertz CT molecular complexity index is 587. The van der Waals surface area contributed by atoms with Crippen LogP contribution in [0.3, 0.4) is 0 Å². The number of benzene rings is 2. The van der Waals surface area contributed by atoms with E-state index in [4.69, 9.17) is 11.6 Å². The maximum absolute atomic E-state index is 12.2. The fourth-order valence-electron chi connectivity index (χ4n) is 2.16. The average molecular weight is 229 g/mol. The molecule has 78 valence electrons. The molecule has 2 aromatic carbocycles. The molecule has 0 spiro atoms. The molecule has 0 unspecified atom stereocenters. The van der Waals surface area contributed by atoms with Crippen LogP contribution in [0.5, 0.6) is 0 Å². The number of carbonyl (C=O) groups is 1. The molecule has 16 heavy (non-hydrogen) atoms. The van der Waals surface area contributed by atoms with Crippen molar-refractivity contribution in [1.29, 1.82) is 0 Å². The van der Waals surface area contributed by atoms with Crippen LogP contribution in [-0.2, 0) is 6.42 Å². The molecule has 1 aliphatic carbocycles. The SMILES string of the molecule is O=C1c2ccccc2Cc2ccc(Cl)cc21. The maximum atomic E-state index is 12.2. The fourth-order valence-corrected chi connectivity index (χ4v) is 2.33. The number of carbonyl (C=O) groups excluding carboxylic acids is 1. The Morgan fingerprint density at radius 1 is 0.938 bits per heavy atom. The summed E-state index contributed by atoms with van der Waals surface area (Å²) in [5.74, 6) is 0.0827. The van der Waals surface area contributed by atoms with Crippen LogP contribution >= 0.6 is 11.6 Å². The first-order valence-electron chi connectivity index (χ1n) is 5.17. The van der Waals surface area contributed by atoms with Crippen molar-refractivity contribution in [3.05, 3.63) is 69.7 Å². The predicted molar refractivity (Wildman–Crippen MR) is 64.1 cm³/mol. The highest BCUT2D eigenvalue weighted by atomic mass is 35.5. The van der Waals surface area contributed by atoms with E-state index in [0.29, 0.717) is 5.02 Å². The zero-order valence-corrected chi connectivity index (χ0v) is 9.29. The van der Waals surface area contributed by atoms with Gasteiger partial charge in [0.1, 0.15) is 0 Å². The van der Waals surface area contributed by atoms with Gasteiger partial charge in [0.2, 0.25) is 0 Å². The molecule has 0 radical (unpaired) electrons. The van der Waals surface area contributed by atoms with E-state index >= 15 is 0 Å². The Morgan fingerprint density at radius 2 is 1.69 bits per heavy atom. The van der Waals surface area contributed by atoms with E-state index in [9.17, 15) is 4.79 Å². The molecule has 0 saturated heterocycles. The molecule has 3 rings (SSSR count). The van der Waals surface area contributed by atoms with Crippen LogP contribution in [0.2, 0.25) is 5.02 Å². The quantitative estimate of drug-likeness (QED) is 0.576. The molecular formula is C14H9ClO. The Kier molecular flexibility index (Phi) is 2.08. The fraction of sp³-hybridized carbons (Fsp3) is 0.0714. The van der Waals surface area contributed by atoms with Crippen molar-refractivity contribution in [1.82, 2.24) is 0 Å². The zero-order chi connectivity index (χ0) is 11.1. The lowest BCUT2D eigenvalue weighted by Crippen LogP contribution is -2.14. The molecule has 0 aromatic heterocycles. The summed E-state index contributed by atoms with van der Waals surface area (Å²) in [6.07, 6.45) is 0.814. The van der Waals surface area contributed by atoms with Crippen molar-refractivity contribution in [2.24, 2.45) is 0 Å². The van der Waals surface area contributed by atoms with Crippen molar-refractivity contribution in [3.8, 4) is 0 Å². The number of fused-ring (bicyclic) bond motifs is 2. The van der Waals surface area contributed by atoms with Crippen molar-refractivity contribution in [2.75, 3.05) is 0 Å². The van der Waals surface area contributed by atoms with Gasteiger partial charge in [0, 0.05) is 16.1 Å². The van der Waals surface area contributed by atoms with E-state index in [-0.39, 0.29) is 5.78 Å². The summed E-state index contributed by atoms with van der Waals surface area (Å²) in [4.78, 5) is 12.2. The minimum Gasteiger partial charge on any atom is -0.289 e. The van der Waals surface area contributed by atoms with Crippen molar-refractivity contribution < 1.29 is 4.79 Å². The maximum Gasteiger partial charge on any atom is 0.193 e. The van der Waals surface area contributed by atoms with Crippen LogP contribution < -0.4 is 0 Å². The molecule has 0 saturated carbocycles. The first kappa shape index (κ1) is 9.61. The Morgan fingerprint density at radius 3 is 2.56 bits per heavy atom. The summed E-state index contributed by atoms with van der Waals surface area (Å²) in [5, 5.41) is 0.617. The van der Waals surface area contributed by atoms with Gasteiger partial charge in [0.15, 0.2) is 5.78 Å². The molecule has 0 N–H and O–H groups in total. The minimum atomic E-state index is 0.0827. The number of rotatable bonds is 0. The van der Waals surface area contributed by atoms with Gasteiger partial charge >= 0.3 is 0 Å². The van der Waals surface area contributed by atoms with Gasteiger partial charge < -0.3 is 0 Å². The van der Waals surface area contributed by atoms with Crippen LogP contribution in [0.1, 0.15) is 27.0 Å². The molecule has 0 fully saturated rings. The summed E-state index contributed by atoms with van der Waals surface area (Å²) in [6, 6.07) is 13.3. The molecule has 1 nitrogen and oxygen atoms in total. The highest BCUT2D eigenvalue weighted by molar-refractivity contribution is 6.31. The third-order valence-corrected chi connectivity index (χ3v) is 3.19. The summed E-state index contributed by atoms with van der Waals surface area (Å²) in [6.45, 7) is 0. The number of ketones is 1. The van der Waals surface area contributed by atoms with Crippen molar-refractivity contribution >= 4 is 17.4 Å². The van der Waals surface area contributed by atoms with Gasteiger partial charge in [-0.1, -0.05) is 41.9 Å². The largest absolute Gasteiger partial charge is 0.289 e. The van der Waals surface area contributed by atoms with E-state index in [1.807, 2.05) is 36.4 Å². The standard InChI is InChI=1S/C14H9ClO/c15-11-6-5-10-7-9-3-1-2-4-12(9)14(16)13(10)8-11/h1-6,8H,7H2. The Balaban J connectivity index is 2.23. The van der Waals surface area contributed by atoms with Gasteiger partial charge in [-0.15, -0.1) is 0 Å². The van der Waals surface area contributed by atoms with Crippen molar-refractivity contribution in [3.63, 3.8) is 0 Å². The lowest BCUT2D eigenvalue weighted by atomic mass is 9.85. The zero-order valence-electron chi connectivity index (χ0n) is 8.53. The van der Waals surface area contributed by atoms with Gasteiger partial charge in [0.25, 0.3) is 0 Å². The summed E-state index contributed by atoms with van der Waals surface area (Å²) in [7, 11) is 0. The summed E-state index contributed by atoms with van der Waals surface area (Å²) < 4.78 is 0. The molecule has 0 bridgehead atoms. The highest BCUT2D eigenvalue weighted by Gasteiger charge is 2.22.